The fourth-order valence-electron chi connectivity index (χ4n) is 2.19. The van der Waals surface area contributed by atoms with Crippen LogP contribution in [-0.4, -0.2) is 24.8 Å². The summed E-state index contributed by atoms with van der Waals surface area (Å²) in [4.78, 5) is 0. The van der Waals surface area contributed by atoms with Crippen LogP contribution >= 0.6 is 15.9 Å². The van der Waals surface area contributed by atoms with E-state index < -0.39 is 0 Å². The summed E-state index contributed by atoms with van der Waals surface area (Å²) >= 11 is 3.59. The normalized spacial score (nSPS) is 12.8. The van der Waals surface area contributed by atoms with Gasteiger partial charge in [-0.25, -0.2) is 4.68 Å². The Morgan fingerprint density at radius 2 is 2.15 bits per heavy atom. The lowest BCUT2D eigenvalue weighted by atomic mass is 10.1. The molecule has 0 saturated carbocycles. The van der Waals surface area contributed by atoms with Gasteiger partial charge in [-0.1, -0.05) is 18.6 Å². The molecular weight excluding hydrogens is 320 g/mol. The maximum Gasteiger partial charge on any atom is 0.0994 e. The van der Waals surface area contributed by atoms with E-state index in [4.69, 9.17) is 5.73 Å². The molecule has 0 amide bonds. The summed E-state index contributed by atoms with van der Waals surface area (Å²) in [6.07, 6.45) is 3.89. The van der Waals surface area contributed by atoms with E-state index in [1.54, 1.807) is 0 Å². The van der Waals surface area contributed by atoms with Crippen molar-refractivity contribution < 1.29 is 0 Å². The maximum absolute atomic E-state index is 6.06. The van der Waals surface area contributed by atoms with Crippen LogP contribution < -0.4 is 5.73 Å². The third-order valence-corrected chi connectivity index (χ3v) is 4.33. The summed E-state index contributed by atoms with van der Waals surface area (Å²) < 4.78 is 4.83. The van der Waals surface area contributed by atoms with Crippen molar-refractivity contribution in [1.29, 1.82) is 0 Å². The van der Waals surface area contributed by atoms with Gasteiger partial charge in [0, 0.05) is 6.54 Å². The van der Waals surface area contributed by atoms with Crippen molar-refractivity contribution in [2.75, 3.05) is 0 Å². The molecule has 0 fully saturated rings. The third-order valence-electron chi connectivity index (χ3n) is 3.30. The second kappa shape index (κ2) is 6.49. The molecule has 0 aliphatic rings. The summed E-state index contributed by atoms with van der Waals surface area (Å²) in [5, 5.41) is 12.8. The predicted molar refractivity (Wildman–Crippen MR) is 81.3 cm³/mol. The summed E-state index contributed by atoms with van der Waals surface area (Å²) in [5.74, 6) is 0. The first-order chi connectivity index (χ1) is 9.56. The molecule has 110 valence electrons. The van der Waals surface area contributed by atoms with Gasteiger partial charge in [0.25, 0.3) is 0 Å². The number of rotatable bonds is 6. The fraction of sp³-hybridized carbons (Fsp3) is 0.615. The van der Waals surface area contributed by atoms with Crippen LogP contribution in [-0.2, 0) is 13.1 Å². The standard InChI is InChI=1S/C13H21BrN6/c1-4-6-10(15)11-7-19(18-16-11)8-12-13(14)9(3)17-20(12)5-2/h7,10H,4-6,8,15H2,1-3H3. The first kappa shape index (κ1) is 15.2. The van der Waals surface area contributed by atoms with Gasteiger partial charge in [-0.05, 0) is 36.2 Å². The molecule has 2 N–H and O–H groups in total. The molecule has 0 bridgehead atoms. The van der Waals surface area contributed by atoms with Crippen LogP contribution in [0.15, 0.2) is 10.7 Å². The molecule has 20 heavy (non-hydrogen) atoms. The predicted octanol–water partition coefficient (Wildman–Crippen LogP) is 2.41. The van der Waals surface area contributed by atoms with Crippen molar-refractivity contribution in [2.45, 2.75) is 52.7 Å². The molecule has 7 heteroatoms. The highest BCUT2D eigenvalue weighted by molar-refractivity contribution is 9.10. The lowest BCUT2D eigenvalue weighted by molar-refractivity contribution is 0.563. The lowest BCUT2D eigenvalue weighted by Crippen LogP contribution is -2.10. The first-order valence-corrected chi connectivity index (χ1v) is 7.73. The van der Waals surface area contributed by atoms with Crippen LogP contribution in [0.3, 0.4) is 0 Å². The molecule has 0 aromatic carbocycles. The van der Waals surface area contributed by atoms with Crippen LogP contribution in [0.4, 0.5) is 0 Å². The van der Waals surface area contributed by atoms with E-state index in [0.29, 0.717) is 6.54 Å². The van der Waals surface area contributed by atoms with Crippen LogP contribution in [0, 0.1) is 6.92 Å². The summed E-state index contributed by atoms with van der Waals surface area (Å²) in [6.45, 7) is 7.65. The quantitative estimate of drug-likeness (QED) is 0.876. The zero-order valence-corrected chi connectivity index (χ0v) is 13.8. The van der Waals surface area contributed by atoms with Gasteiger partial charge in [0.2, 0.25) is 0 Å². The van der Waals surface area contributed by atoms with E-state index in [0.717, 1.165) is 40.9 Å². The van der Waals surface area contributed by atoms with E-state index in [1.807, 2.05) is 22.5 Å². The molecule has 1 unspecified atom stereocenters. The van der Waals surface area contributed by atoms with E-state index >= 15 is 0 Å². The summed E-state index contributed by atoms with van der Waals surface area (Å²) in [6, 6.07) is -0.0324. The number of nitrogens with zero attached hydrogens (tertiary/aromatic N) is 5. The van der Waals surface area contributed by atoms with Crippen molar-refractivity contribution in [1.82, 2.24) is 24.8 Å². The van der Waals surface area contributed by atoms with Gasteiger partial charge in [0.05, 0.1) is 40.3 Å². The minimum atomic E-state index is -0.0324. The van der Waals surface area contributed by atoms with Crippen LogP contribution in [0.25, 0.3) is 0 Å². The topological polar surface area (TPSA) is 74.6 Å². The molecule has 2 aromatic rings. The largest absolute Gasteiger partial charge is 0.323 e. The Bertz CT molecular complexity index is 573. The van der Waals surface area contributed by atoms with Crippen molar-refractivity contribution in [2.24, 2.45) is 5.73 Å². The van der Waals surface area contributed by atoms with Crippen LogP contribution in [0.2, 0.25) is 0 Å². The van der Waals surface area contributed by atoms with E-state index in [1.165, 1.54) is 0 Å². The second-order valence-corrected chi connectivity index (χ2v) is 5.69. The zero-order valence-electron chi connectivity index (χ0n) is 12.2. The fourth-order valence-corrected chi connectivity index (χ4v) is 2.60. The minimum Gasteiger partial charge on any atom is -0.323 e. The smallest absolute Gasteiger partial charge is 0.0994 e. The molecule has 0 spiro atoms. The average molecular weight is 341 g/mol. The van der Waals surface area contributed by atoms with Crippen LogP contribution in [0.5, 0.6) is 0 Å². The SMILES string of the molecule is CCCC(N)c1cn(Cc2c(Br)c(C)nn2CC)nn1. The van der Waals surface area contributed by atoms with E-state index in [-0.39, 0.29) is 6.04 Å². The Kier molecular flexibility index (Phi) is 4.93. The number of halogens is 1. The molecule has 0 radical (unpaired) electrons. The molecule has 0 saturated heterocycles. The van der Waals surface area contributed by atoms with Crippen LogP contribution in [0.1, 0.15) is 49.8 Å². The molecule has 0 aliphatic carbocycles. The van der Waals surface area contributed by atoms with Gasteiger partial charge in [0.1, 0.15) is 0 Å². The number of hydrogen-bond donors (Lipinski definition) is 1. The first-order valence-electron chi connectivity index (χ1n) is 6.94. The van der Waals surface area contributed by atoms with Crippen molar-refractivity contribution in [3.63, 3.8) is 0 Å². The highest BCUT2D eigenvalue weighted by Gasteiger charge is 2.15. The Balaban J connectivity index is 2.18. The van der Waals surface area contributed by atoms with Crippen molar-refractivity contribution >= 4 is 15.9 Å². The molecule has 2 heterocycles. The molecule has 2 aromatic heterocycles. The van der Waals surface area contributed by atoms with Crippen molar-refractivity contribution in [3.8, 4) is 0 Å². The average Bonchev–Trinajstić information content (AvgIpc) is 2.99. The maximum atomic E-state index is 6.06. The number of aryl methyl sites for hydroxylation is 2. The molecule has 2 rings (SSSR count). The second-order valence-electron chi connectivity index (χ2n) is 4.90. The van der Waals surface area contributed by atoms with E-state index in [9.17, 15) is 0 Å². The number of hydrogen-bond acceptors (Lipinski definition) is 4. The summed E-state index contributed by atoms with van der Waals surface area (Å²) in [5.41, 5.74) is 9.00. The Morgan fingerprint density at radius 3 is 2.80 bits per heavy atom. The van der Waals surface area contributed by atoms with E-state index in [2.05, 4.69) is 45.2 Å². The molecule has 0 aliphatic heterocycles. The summed E-state index contributed by atoms with van der Waals surface area (Å²) in [7, 11) is 0. The molecular formula is C13H21BrN6. The van der Waals surface area contributed by atoms with Gasteiger partial charge in [-0.2, -0.15) is 5.10 Å². The Hall–Kier alpha value is -1.21. The minimum absolute atomic E-state index is 0.0324. The lowest BCUT2D eigenvalue weighted by Gasteiger charge is -2.06. The third kappa shape index (κ3) is 3.09. The Labute approximate surface area is 127 Å². The van der Waals surface area contributed by atoms with Gasteiger partial charge < -0.3 is 5.73 Å². The van der Waals surface area contributed by atoms with Gasteiger partial charge in [-0.15, -0.1) is 5.10 Å². The Morgan fingerprint density at radius 1 is 1.40 bits per heavy atom. The van der Waals surface area contributed by atoms with Crippen molar-refractivity contribution in [3.05, 3.63) is 27.8 Å². The number of nitrogens with two attached hydrogens (primary N) is 1. The van der Waals surface area contributed by atoms with Gasteiger partial charge in [-0.3, -0.25) is 4.68 Å². The highest BCUT2D eigenvalue weighted by Crippen LogP contribution is 2.22. The highest BCUT2D eigenvalue weighted by atomic mass is 79.9. The van der Waals surface area contributed by atoms with Gasteiger partial charge >= 0.3 is 0 Å². The monoisotopic (exact) mass is 340 g/mol. The molecule has 1 atom stereocenters. The molecule has 6 nitrogen and oxygen atoms in total. The van der Waals surface area contributed by atoms with Gasteiger partial charge in [0.15, 0.2) is 0 Å². The zero-order chi connectivity index (χ0) is 14.7. The number of aromatic nitrogens is 5.